The van der Waals surface area contributed by atoms with Crippen LogP contribution in [0.15, 0.2) is 79.3 Å². The number of ether oxygens (including phenoxy) is 1. The van der Waals surface area contributed by atoms with Crippen LogP contribution in [-0.4, -0.2) is 46.0 Å². The third-order valence-electron chi connectivity index (χ3n) is 7.60. The maximum Gasteiger partial charge on any atom is 0.174 e. The molecule has 5 heterocycles. The Balaban J connectivity index is 1.39. The maximum absolute atomic E-state index is 5.97. The average Bonchev–Trinajstić information content (AvgIpc) is 3.45. The number of anilines is 2. The first-order chi connectivity index (χ1) is 18.6. The normalized spacial score (nSPS) is 19.6. The van der Waals surface area contributed by atoms with Crippen LogP contribution in [-0.2, 0) is 11.3 Å². The molecule has 0 radical (unpaired) electrons. The Bertz CT molecular complexity index is 1400. The molecule has 0 amide bonds. The van der Waals surface area contributed by atoms with E-state index in [9.17, 15) is 0 Å². The number of benzene rings is 1. The Kier molecular flexibility index (Phi) is 6.82. The van der Waals surface area contributed by atoms with E-state index in [-0.39, 0.29) is 12.1 Å². The second kappa shape index (κ2) is 10.6. The fourth-order valence-electron chi connectivity index (χ4n) is 5.64. The molecule has 8 heteroatoms. The van der Waals surface area contributed by atoms with Crippen LogP contribution >= 0.6 is 12.2 Å². The number of aromatic nitrogens is 3. The SMILES string of the molecule is Cc1cc(C2C(c3ccccn3)NC(=S)N2c2ccc(N3CCOCC3)cc2)c(C)n1Cc1cccnc1. The molecule has 2 aliphatic heterocycles. The smallest absolute Gasteiger partial charge is 0.174 e. The summed E-state index contributed by atoms with van der Waals surface area (Å²) in [5, 5.41) is 4.31. The lowest BCUT2D eigenvalue weighted by molar-refractivity contribution is 0.122. The van der Waals surface area contributed by atoms with Crippen LogP contribution in [0.4, 0.5) is 11.4 Å². The van der Waals surface area contributed by atoms with Gasteiger partial charge in [0.25, 0.3) is 0 Å². The van der Waals surface area contributed by atoms with Crippen LogP contribution in [0.5, 0.6) is 0 Å². The predicted molar refractivity (Wildman–Crippen MR) is 155 cm³/mol. The summed E-state index contributed by atoms with van der Waals surface area (Å²) in [5.74, 6) is 0. The number of aryl methyl sites for hydroxylation is 1. The molecule has 1 aromatic carbocycles. The van der Waals surface area contributed by atoms with Gasteiger partial charge in [-0.05, 0) is 85.7 Å². The lowest BCUT2D eigenvalue weighted by atomic mass is 9.96. The monoisotopic (exact) mass is 524 g/mol. The number of hydrogen-bond acceptors (Lipinski definition) is 5. The summed E-state index contributed by atoms with van der Waals surface area (Å²) >= 11 is 5.97. The van der Waals surface area contributed by atoms with Gasteiger partial charge in [0.2, 0.25) is 0 Å². The molecule has 4 aromatic rings. The van der Waals surface area contributed by atoms with Crippen molar-refractivity contribution in [2.45, 2.75) is 32.5 Å². The van der Waals surface area contributed by atoms with Crippen LogP contribution in [0.25, 0.3) is 0 Å². The van der Waals surface area contributed by atoms with Crippen LogP contribution in [0.2, 0.25) is 0 Å². The Labute approximate surface area is 229 Å². The molecule has 38 heavy (non-hydrogen) atoms. The molecule has 2 fully saturated rings. The van der Waals surface area contributed by atoms with E-state index in [1.165, 1.54) is 28.2 Å². The van der Waals surface area contributed by atoms with Gasteiger partial charge in [0.15, 0.2) is 5.11 Å². The van der Waals surface area contributed by atoms with Crippen molar-refractivity contribution in [1.29, 1.82) is 0 Å². The van der Waals surface area contributed by atoms with Crippen LogP contribution in [0, 0.1) is 13.8 Å². The maximum atomic E-state index is 5.97. The van der Waals surface area contributed by atoms with Gasteiger partial charge in [0.05, 0.1) is 31.0 Å². The minimum Gasteiger partial charge on any atom is -0.378 e. The lowest BCUT2D eigenvalue weighted by Crippen LogP contribution is -2.36. The number of pyridine rings is 2. The number of morpholine rings is 1. The van der Waals surface area contributed by atoms with Crippen molar-refractivity contribution in [2.24, 2.45) is 0 Å². The van der Waals surface area contributed by atoms with E-state index in [1.807, 2.05) is 36.8 Å². The molecule has 0 aliphatic carbocycles. The highest BCUT2D eigenvalue weighted by molar-refractivity contribution is 7.80. The number of nitrogens with zero attached hydrogens (tertiary/aromatic N) is 5. The van der Waals surface area contributed by atoms with Gasteiger partial charge in [0, 0.05) is 61.0 Å². The fraction of sp³-hybridized carbons (Fsp3) is 0.300. The van der Waals surface area contributed by atoms with Crippen molar-refractivity contribution in [3.05, 3.63) is 107 Å². The van der Waals surface area contributed by atoms with E-state index in [0.29, 0.717) is 5.11 Å². The van der Waals surface area contributed by atoms with E-state index in [4.69, 9.17) is 21.9 Å². The molecule has 1 N–H and O–H groups in total. The van der Waals surface area contributed by atoms with Crippen LogP contribution in [0.3, 0.4) is 0 Å². The van der Waals surface area contributed by atoms with Crippen molar-refractivity contribution in [3.8, 4) is 0 Å². The van der Waals surface area contributed by atoms with Crippen molar-refractivity contribution in [2.75, 3.05) is 36.1 Å². The third-order valence-corrected chi connectivity index (χ3v) is 7.91. The second-order valence-corrected chi connectivity index (χ2v) is 10.3. The molecule has 0 saturated carbocycles. The topological polar surface area (TPSA) is 58.5 Å². The van der Waals surface area contributed by atoms with Gasteiger partial charge in [-0.2, -0.15) is 0 Å². The molecule has 0 spiro atoms. The zero-order valence-corrected chi connectivity index (χ0v) is 22.6. The number of thiocarbonyl (C=S) groups is 1. The van der Waals surface area contributed by atoms with Gasteiger partial charge < -0.3 is 24.4 Å². The Morgan fingerprint density at radius 1 is 0.974 bits per heavy atom. The van der Waals surface area contributed by atoms with E-state index < -0.39 is 0 Å². The van der Waals surface area contributed by atoms with E-state index in [1.54, 1.807) is 0 Å². The Morgan fingerprint density at radius 3 is 2.47 bits per heavy atom. The van der Waals surface area contributed by atoms with Crippen molar-refractivity contribution >= 4 is 28.7 Å². The fourth-order valence-corrected chi connectivity index (χ4v) is 5.99. The third kappa shape index (κ3) is 4.66. The van der Waals surface area contributed by atoms with E-state index in [0.717, 1.165) is 44.2 Å². The summed E-state index contributed by atoms with van der Waals surface area (Å²) in [5.41, 5.74) is 8.11. The highest BCUT2D eigenvalue weighted by atomic mass is 32.1. The van der Waals surface area contributed by atoms with Crippen molar-refractivity contribution in [1.82, 2.24) is 19.9 Å². The molecule has 6 rings (SSSR count). The van der Waals surface area contributed by atoms with Crippen molar-refractivity contribution in [3.63, 3.8) is 0 Å². The summed E-state index contributed by atoms with van der Waals surface area (Å²) in [6.07, 6.45) is 5.60. The highest BCUT2D eigenvalue weighted by Gasteiger charge is 2.42. The largest absolute Gasteiger partial charge is 0.378 e. The van der Waals surface area contributed by atoms with Crippen molar-refractivity contribution < 1.29 is 4.74 Å². The van der Waals surface area contributed by atoms with E-state index >= 15 is 0 Å². The van der Waals surface area contributed by atoms with Gasteiger partial charge in [-0.25, -0.2) is 0 Å². The molecule has 2 saturated heterocycles. The first-order valence-corrected chi connectivity index (χ1v) is 13.5. The minimum atomic E-state index is -0.0741. The highest BCUT2D eigenvalue weighted by Crippen LogP contribution is 2.43. The summed E-state index contributed by atoms with van der Waals surface area (Å²) < 4.78 is 7.89. The molecule has 2 aliphatic rings. The van der Waals surface area contributed by atoms with Gasteiger partial charge in [-0.1, -0.05) is 12.1 Å². The van der Waals surface area contributed by atoms with Crippen LogP contribution < -0.4 is 15.1 Å². The summed E-state index contributed by atoms with van der Waals surface area (Å²) in [7, 11) is 0. The zero-order valence-electron chi connectivity index (χ0n) is 21.7. The quantitative estimate of drug-likeness (QED) is 0.358. The summed E-state index contributed by atoms with van der Waals surface area (Å²) in [6.45, 7) is 8.51. The first kappa shape index (κ1) is 24.6. The zero-order chi connectivity index (χ0) is 26.1. The molecule has 0 bridgehead atoms. The summed E-state index contributed by atoms with van der Waals surface area (Å²) in [6, 6.07) is 21.1. The minimum absolute atomic E-state index is 0.0412. The van der Waals surface area contributed by atoms with Gasteiger partial charge >= 0.3 is 0 Å². The molecular formula is C30H32N6OS. The lowest BCUT2D eigenvalue weighted by Gasteiger charge is -2.31. The van der Waals surface area contributed by atoms with Gasteiger partial charge in [-0.15, -0.1) is 0 Å². The Morgan fingerprint density at radius 2 is 1.76 bits per heavy atom. The Hall–Kier alpha value is -3.75. The van der Waals surface area contributed by atoms with E-state index in [2.05, 4.69) is 81.0 Å². The van der Waals surface area contributed by atoms with Gasteiger partial charge in [0.1, 0.15) is 0 Å². The molecular weight excluding hydrogens is 492 g/mol. The predicted octanol–water partition coefficient (Wildman–Crippen LogP) is 4.96. The first-order valence-electron chi connectivity index (χ1n) is 13.1. The average molecular weight is 525 g/mol. The molecule has 7 nitrogen and oxygen atoms in total. The molecule has 3 aromatic heterocycles. The number of hydrogen-bond donors (Lipinski definition) is 1. The van der Waals surface area contributed by atoms with Crippen LogP contribution in [0.1, 0.15) is 40.3 Å². The number of rotatable bonds is 6. The molecule has 2 atom stereocenters. The molecule has 194 valence electrons. The van der Waals surface area contributed by atoms with Gasteiger partial charge in [-0.3, -0.25) is 9.97 Å². The summed E-state index contributed by atoms with van der Waals surface area (Å²) in [4.78, 5) is 13.7. The standard InChI is InChI=1S/C30H32N6OS/c1-21-18-26(22(2)35(21)20-23-6-5-12-31-19-23)29-28(27-7-3-4-13-32-27)33-30(38)36(29)25-10-8-24(9-11-25)34-14-16-37-17-15-34/h3-13,18-19,28-29H,14-17,20H2,1-2H3,(H,33,38). The second-order valence-electron chi connectivity index (χ2n) is 9.89. The number of nitrogens with one attached hydrogen (secondary N) is 1. The molecule has 2 unspecified atom stereocenters.